The number of thiophene rings is 2. The van der Waals surface area contributed by atoms with Crippen molar-refractivity contribution in [2.75, 3.05) is 0 Å². The molecule has 0 nitrogen and oxygen atoms in total. The molecule has 2 heterocycles. The van der Waals surface area contributed by atoms with E-state index in [0.717, 1.165) is 4.88 Å². The van der Waals surface area contributed by atoms with Crippen LogP contribution in [0.5, 0.6) is 0 Å². The molecule has 0 fully saturated rings. The molecule has 2 aromatic heterocycles. The Balaban J connectivity index is 2.32. The molecule has 0 aliphatic heterocycles. The molecule has 0 N–H and O–H groups in total. The van der Waals surface area contributed by atoms with Crippen molar-refractivity contribution < 1.29 is 0 Å². The Kier molecular flexibility index (Phi) is 3.04. The summed E-state index contributed by atoms with van der Waals surface area (Å²) in [5.74, 6) is 6.26. The zero-order chi connectivity index (χ0) is 15.4. The lowest BCUT2D eigenvalue weighted by Crippen LogP contribution is -1.83. The topological polar surface area (TPSA) is 0 Å². The molecular formula is C20H16S2. The van der Waals surface area contributed by atoms with Crippen molar-refractivity contribution in [3.05, 3.63) is 45.1 Å². The zero-order valence-electron chi connectivity index (χ0n) is 13.1. The fraction of sp³-hybridized carbons (Fsp3) is 0.200. The number of hydrogen-bond donors (Lipinski definition) is 0. The van der Waals surface area contributed by atoms with Gasteiger partial charge in [0.25, 0.3) is 0 Å². The van der Waals surface area contributed by atoms with Crippen LogP contribution < -0.4 is 0 Å². The van der Waals surface area contributed by atoms with Crippen LogP contribution in [0.4, 0.5) is 0 Å². The van der Waals surface area contributed by atoms with Crippen molar-refractivity contribution >= 4 is 53.6 Å². The maximum atomic E-state index is 3.23. The molecule has 0 amide bonds. The van der Waals surface area contributed by atoms with Gasteiger partial charge in [-0.2, -0.15) is 0 Å². The second-order valence-corrected chi connectivity index (χ2v) is 8.12. The van der Waals surface area contributed by atoms with E-state index in [1.165, 1.54) is 46.9 Å². The predicted molar refractivity (Wildman–Crippen MR) is 101 cm³/mol. The summed E-state index contributed by atoms with van der Waals surface area (Å²) in [6.45, 7) is 8.50. The Labute approximate surface area is 138 Å². The van der Waals surface area contributed by atoms with Gasteiger partial charge < -0.3 is 0 Å². The average Bonchev–Trinajstić information content (AvgIpc) is 3.05. The Bertz CT molecular complexity index is 1110. The first-order chi connectivity index (χ1) is 10.6. The zero-order valence-corrected chi connectivity index (χ0v) is 14.8. The van der Waals surface area contributed by atoms with Crippen molar-refractivity contribution in [3.8, 4) is 11.8 Å². The van der Waals surface area contributed by atoms with E-state index in [4.69, 9.17) is 0 Å². The maximum Gasteiger partial charge on any atom is 0.0781 e. The minimum atomic E-state index is 1.16. The SMILES string of the molecule is CC#Cc1cc2c3cc(C)c(C)cc3c3cc(C)sc3c2s1. The Morgan fingerprint density at radius 3 is 1.95 bits per heavy atom. The number of fused-ring (bicyclic) bond motifs is 6. The molecule has 0 saturated carbocycles. The quantitative estimate of drug-likeness (QED) is 0.322. The van der Waals surface area contributed by atoms with Gasteiger partial charge in [-0.3, -0.25) is 0 Å². The molecule has 0 atom stereocenters. The molecule has 2 aromatic carbocycles. The Morgan fingerprint density at radius 1 is 0.727 bits per heavy atom. The van der Waals surface area contributed by atoms with Crippen molar-refractivity contribution in [2.45, 2.75) is 27.7 Å². The van der Waals surface area contributed by atoms with Gasteiger partial charge in [-0.25, -0.2) is 0 Å². The van der Waals surface area contributed by atoms with E-state index in [1.54, 1.807) is 0 Å². The predicted octanol–water partition coefficient (Wildman–Crippen LogP) is 6.57. The van der Waals surface area contributed by atoms with Crippen molar-refractivity contribution in [2.24, 2.45) is 0 Å². The van der Waals surface area contributed by atoms with E-state index in [1.807, 2.05) is 29.6 Å². The second-order valence-electron chi connectivity index (χ2n) is 5.81. The lowest BCUT2D eigenvalue weighted by Gasteiger charge is -2.07. The Hall–Kier alpha value is -1.82. The normalized spacial score (nSPS) is 11.3. The molecule has 4 rings (SSSR count). The minimum absolute atomic E-state index is 1.16. The molecule has 0 radical (unpaired) electrons. The summed E-state index contributed by atoms with van der Waals surface area (Å²) in [5, 5.41) is 5.49. The molecule has 2 heteroatoms. The molecule has 0 spiro atoms. The molecule has 108 valence electrons. The van der Waals surface area contributed by atoms with Crippen LogP contribution in [0.2, 0.25) is 0 Å². The van der Waals surface area contributed by atoms with Gasteiger partial charge in [0.05, 0.1) is 14.3 Å². The monoisotopic (exact) mass is 320 g/mol. The Morgan fingerprint density at radius 2 is 1.32 bits per heavy atom. The number of aryl methyl sites for hydroxylation is 3. The summed E-state index contributed by atoms with van der Waals surface area (Å²) in [4.78, 5) is 2.54. The molecule has 0 unspecified atom stereocenters. The van der Waals surface area contributed by atoms with Gasteiger partial charge in [-0.1, -0.05) is 18.1 Å². The van der Waals surface area contributed by atoms with Crippen LogP contribution in [-0.2, 0) is 0 Å². The summed E-state index contributed by atoms with van der Waals surface area (Å²) < 4.78 is 2.80. The summed E-state index contributed by atoms with van der Waals surface area (Å²) in [6.07, 6.45) is 0. The lowest BCUT2D eigenvalue weighted by molar-refractivity contribution is 1.37. The lowest BCUT2D eigenvalue weighted by atomic mass is 9.98. The first kappa shape index (κ1) is 13.8. The summed E-state index contributed by atoms with van der Waals surface area (Å²) in [5.41, 5.74) is 2.72. The van der Waals surface area contributed by atoms with Crippen molar-refractivity contribution in [1.82, 2.24) is 0 Å². The average molecular weight is 320 g/mol. The van der Waals surface area contributed by atoms with Crippen molar-refractivity contribution in [1.29, 1.82) is 0 Å². The van der Waals surface area contributed by atoms with Gasteiger partial charge in [-0.15, -0.1) is 28.6 Å². The molecular weight excluding hydrogens is 304 g/mol. The van der Waals surface area contributed by atoms with Gasteiger partial charge in [0.1, 0.15) is 0 Å². The van der Waals surface area contributed by atoms with E-state index in [-0.39, 0.29) is 0 Å². The van der Waals surface area contributed by atoms with Gasteiger partial charge >= 0.3 is 0 Å². The van der Waals surface area contributed by atoms with Crippen LogP contribution in [0.3, 0.4) is 0 Å². The van der Waals surface area contributed by atoms with Gasteiger partial charge in [-0.05, 0) is 61.7 Å². The fourth-order valence-electron chi connectivity index (χ4n) is 3.09. The third-order valence-electron chi connectivity index (χ3n) is 4.26. The minimum Gasteiger partial charge on any atom is -0.139 e. The molecule has 0 saturated heterocycles. The van der Waals surface area contributed by atoms with E-state index in [0.29, 0.717) is 0 Å². The largest absolute Gasteiger partial charge is 0.139 e. The number of rotatable bonds is 0. The van der Waals surface area contributed by atoms with E-state index in [2.05, 4.69) is 56.9 Å². The highest BCUT2D eigenvalue weighted by Gasteiger charge is 2.14. The van der Waals surface area contributed by atoms with Gasteiger partial charge in [0, 0.05) is 15.6 Å². The third-order valence-corrected chi connectivity index (χ3v) is 6.52. The molecule has 22 heavy (non-hydrogen) atoms. The first-order valence-electron chi connectivity index (χ1n) is 7.38. The van der Waals surface area contributed by atoms with Crippen LogP contribution >= 0.6 is 22.7 Å². The molecule has 0 bridgehead atoms. The number of hydrogen-bond acceptors (Lipinski definition) is 2. The van der Waals surface area contributed by atoms with Crippen LogP contribution in [0.1, 0.15) is 27.8 Å². The standard InChI is InChI=1S/C20H16S2/c1-5-6-14-10-18-16-8-12(3)11(2)7-15(16)17-9-13(4)21-19(17)20(18)22-14/h7-10H,1-4H3. The van der Waals surface area contributed by atoms with Crippen LogP contribution in [0.15, 0.2) is 24.3 Å². The van der Waals surface area contributed by atoms with E-state index in [9.17, 15) is 0 Å². The van der Waals surface area contributed by atoms with Crippen LogP contribution in [0.25, 0.3) is 30.9 Å². The fourth-order valence-corrected chi connectivity index (χ4v) is 5.35. The van der Waals surface area contributed by atoms with E-state index >= 15 is 0 Å². The summed E-state index contributed by atoms with van der Waals surface area (Å²) >= 11 is 3.73. The third kappa shape index (κ3) is 1.90. The van der Waals surface area contributed by atoms with Crippen LogP contribution in [0, 0.1) is 32.6 Å². The smallest absolute Gasteiger partial charge is 0.0781 e. The van der Waals surface area contributed by atoms with Crippen molar-refractivity contribution in [3.63, 3.8) is 0 Å². The highest BCUT2D eigenvalue weighted by atomic mass is 32.1. The van der Waals surface area contributed by atoms with Crippen LogP contribution in [-0.4, -0.2) is 0 Å². The first-order valence-corrected chi connectivity index (χ1v) is 9.01. The second kappa shape index (κ2) is 4.84. The highest BCUT2D eigenvalue weighted by molar-refractivity contribution is 7.27. The number of benzene rings is 2. The highest BCUT2D eigenvalue weighted by Crippen LogP contribution is 2.43. The molecule has 4 aromatic rings. The van der Waals surface area contributed by atoms with E-state index < -0.39 is 0 Å². The summed E-state index contributed by atoms with van der Waals surface area (Å²) in [6, 6.07) is 9.29. The summed E-state index contributed by atoms with van der Waals surface area (Å²) in [7, 11) is 0. The molecule has 0 aliphatic carbocycles. The maximum absolute atomic E-state index is 3.23. The van der Waals surface area contributed by atoms with Gasteiger partial charge in [0.2, 0.25) is 0 Å². The van der Waals surface area contributed by atoms with Gasteiger partial charge in [0.15, 0.2) is 0 Å². The molecule has 0 aliphatic rings.